The average Bonchev–Trinajstić information content (AvgIpc) is 2.03. The van der Waals surface area contributed by atoms with Crippen LogP contribution in [0.5, 0.6) is 0 Å². The van der Waals surface area contributed by atoms with Gasteiger partial charge in [-0.1, -0.05) is 6.07 Å². The highest BCUT2D eigenvalue weighted by molar-refractivity contribution is 14.1. The van der Waals surface area contributed by atoms with Crippen LogP contribution in [0.1, 0.15) is 18.5 Å². The lowest BCUT2D eigenvalue weighted by Crippen LogP contribution is -2.24. The maximum Gasteiger partial charge on any atom is 0.124 e. The molecule has 0 saturated carbocycles. The van der Waals surface area contributed by atoms with E-state index in [0.717, 1.165) is 9.13 Å². The number of rotatable bonds is 2. The maximum atomic E-state index is 12.7. The van der Waals surface area contributed by atoms with E-state index in [9.17, 15) is 9.50 Å². The van der Waals surface area contributed by atoms with Crippen LogP contribution >= 0.6 is 22.6 Å². The van der Waals surface area contributed by atoms with Crippen LogP contribution in [0.3, 0.4) is 0 Å². The van der Waals surface area contributed by atoms with E-state index in [1.54, 1.807) is 13.0 Å². The smallest absolute Gasteiger partial charge is 0.124 e. The zero-order valence-electron chi connectivity index (χ0n) is 7.17. The van der Waals surface area contributed by atoms with E-state index in [-0.39, 0.29) is 5.82 Å². The van der Waals surface area contributed by atoms with Crippen LogP contribution < -0.4 is 5.73 Å². The molecule has 0 unspecified atom stereocenters. The van der Waals surface area contributed by atoms with Gasteiger partial charge in [0, 0.05) is 3.57 Å². The number of aliphatic hydroxyl groups is 1. The Hall–Kier alpha value is -0.200. The molecule has 2 atom stereocenters. The topological polar surface area (TPSA) is 46.2 Å². The maximum absolute atomic E-state index is 12.7. The Morgan fingerprint density at radius 3 is 2.62 bits per heavy atom. The van der Waals surface area contributed by atoms with Gasteiger partial charge in [-0.05, 0) is 47.2 Å². The van der Waals surface area contributed by atoms with Gasteiger partial charge in [-0.25, -0.2) is 4.39 Å². The van der Waals surface area contributed by atoms with Gasteiger partial charge in [0.15, 0.2) is 0 Å². The van der Waals surface area contributed by atoms with Gasteiger partial charge in [0.1, 0.15) is 5.82 Å². The third-order valence-corrected chi connectivity index (χ3v) is 2.78. The fourth-order valence-electron chi connectivity index (χ4n) is 1.03. The summed E-state index contributed by atoms with van der Waals surface area (Å²) >= 11 is 2.00. The minimum Gasteiger partial charge on any atom is -0.391 e. The number of hydrogen-bond acceptors (Lipinski definition) is 2. The molecule has 0 radical (unpaired) electrons. The summed E-state index contributed by atoms with van der Waals surface area (Å²) in [6.07, 6.45) is -0.626. The van der Waals surface area contributed by atoms with E-state index >= 15 is 0 Å². The van der Waals surface area contributed by atoms with Crippen LogP contribution in [0.25, 0.3) is 0 Å². The molecule has 1 rings (SSSR count). The van der Waals surface area contributed by atoms with Gasteiger partial charge in [-0.15, -0.1) is 0 Å². The van der Waals surface area contributed by atoms with Crippen LogP contribution in [0.2, 0.25) is 0 Å². The standard InChI is InChI=1S/C9H11FINO/c1-5(13)9(12)7-3-2-6(10)4-8(7)11/h2-5,9,13H,12H2,1H3/t5-,9-/m1/s1. The summed E-state index contributed by atoms with van der Waals surface area (Å²) in [5.74, 6) is -0.286. The van der Waals surface area contributed by atoms with Crippen molar-refractivity contribution in [2.45, 2.75) is 19.1 Å². The van der Waals surface area contributed by atoms with E-state index in [1.165, 1.54) is 12.1 Å². The second-order valence-electron chi connectivity index (χ2n) is 2.93. The summed E-state index contributed by atoms with van der Waals surface area (Å²) < 4.78 is 13.4. The lowest BCUT2D eigenvalue weighted by atomic mass is 10.0. The predicted molar refractivity (Wildman–Crippen MR) is 57.7 cm³/mol. The van der Waals surface area contributed by atoms with Crippen molar-refractivity contribution in [1.82, 2.24) is 0 Å². The second-order valence-corrected chi connectivity index (χ2v) is 4.09. The van der Waals surface area contributed by atoms with Crippen molar-refractivity contribution in [1.29, 1.82) is 0 Å². The van der Waals surface area contributed by atoms with Gasteiger partial charge in [0.05, 0.1) is 12.1 Å². The Morgan fingerprint density at radius 2 is 2.15 bits per heavy atom. The first-order valence-corrected chi connectivity index (χ1v) is 4.99. The zero-order valence-corrected chi connectivity index (χ0v) is 9.32. The van der Waals surface area contributed by atoms with E-state index in [4.69, 9.17) is 5.73 Å². The highest BCUT2D eigenvalue weighted by Crippen LogP contribution is 2.21. The highest BCUT2D eigenvalue weighted by Gasteiger charge is 2.14. The Kier molecular flexibility index (Phi) is 3.63. The molecule has 3 N–H and O–H groups in total. The summed E-state index contributed by atoms with van der Waals surface area (Å²) in [4.78, 5) is 0. The zero-order chi connectivity index (χ0) is 10.0. The van der Waals surface area contributed by atoms with Crippen LogP contribution in [0.15, 0.2) is 18.2 Å². The van der Waals surface area contributed by atoms with Crippen molar-refractivity contribution < 1.29 is 9.50 Å². The summed E-state index contributed by atoms with van der Waals surface area (Å²) in [6, 6.07) is 3.90. The first-order chi connectivity index (χ1) is 6.02. The Labute approximate surface area is 90.1 Å². The van der Waals surface area contributed by atoms with Gasteiger partial charge in [-0.2, -0.15) is 0 Å². The molecule has 4 heteroatoms. The van der Waals surface area contributed by atoms with E-state index in [1.807, 2.05) is 22.6 Å². The first-order valence-electron chi connectivity index (χ1n) is 3.91. The number of benzene rings is 1. The Morgan fingerprint density at radius 1 is 1.54 bits per heavy atom. The van der Waals surface area contributed by atoms with Crippen molar-refractivity contribution in [3.8, 4) is 0 Å². The van der Waals surface area contributed by atoms with E-state index < -0.39 is 12.1 Å². The molecule has 2 nitrogen and oxygen atoms in total. The van der Waals surface area contributed by atoms with Crippen LogP contribution in [-0.4, -0.2) is 11.2 Å². The molecule has 0 aliphatic carbocycles. The third kappa shape index (κ3) is 2.62. The molecule has 0 spiro atoms. The molecule has 0 aliphatic rings. The summed E-state index contributed by atoms with van der Waals surface area (Å²) in [7, 11) is 0. The molecule has 0 amide bonds. The first kappa shape index (κ1) is 10.9. The summed E-state index contributed by atoms with van der Waals surface area (Å²) in [5, 5.41) is 9.25. The van der Waals surface area contributed by atoms with Crippen LogP contribution in [-0.2, 0) is 0 Å². The summed E-state index contributed by atoms with van der Waals surface area (Å²) in [6.45, 7) is 1.62. The van der Waals surface area contributed by atoms with Crippen molar-refractivity contribution in [3.63, 3.8) is 0 Å². The molecular formula is C9H11FINO. The van der Waals surface area contributed by atoms with E-state index in [0.29, 0.717) is 0 Å². The molecule has 0 heterocycles. The van der Waals surface area contributed by atoms with Crippen molar-refractivity contribution in [2.24, 2.45) is 5.73 Å². The minimum absolute atomic E-state index is 0.286. The molecule has 0 aliphatic heterocycles. The SMILES string of the molecule is C[C@@H](O)[C@@H](N)c1ccc(F)cc1I. The minimum atomic E-state index is -0.626. The lowest BCUT2D eigenvalue weighted by Gasteiger charge is -2.16. The van der Waals surface area contributed by atoms with Gasteiger partial charge >= 0.3 is 0 Å². The predicted octanol–water partition coefficient (Wildman–Crippen LogP) is 1.81. The third-order valence-electron chi connectivity index (χ3n) is 1.84. The van der Waals surface area contributed by atoms with Crippen molar-refractivity contribution in [3.05, 3.63) is 33.1 Å². The normalized spacial score (nSPS) is 15.5. The Balaban J connectivity index is 3.01. The molecule has 0 saturated heterocycles. The van der Waals surface area contributed by atoms with Gasteiger partial charge in [0.25, 0.3) is 0 Å². The molecule has 1 aromatic carbocycles. The molecule has 0 fully saturated rings. The van der Waals surface area contributed by atoms with Gasteiger partial charge < -0.3 is 10.8 Å². The highest BCUT2D eigenvalue weighted by atomic mass is 127. The molecule has 0 aromatic heterocycles. The lowest BCUT2D eigenvalue weighted by molar-refractivity contribution is 0.164. The number of halogens is 2. The van der Waals surface area contributed by atoms with Crippen molar-refractivity contribution >= 4 is 22.6 Å². The van der Waals surface area contributed by atoms with Crippen LogP contribution in [0, 0.1) is 9.39 Å². The monoisotopic (exact) mass is 295 g/mol. The second kappa shape index (κ2) is 4.34. The van der Waals surface area contributed by atoms with Gasteiger partial charge in [0.2, 0.25) is 0 Å². The Bertz CT molecular complexity index is 304. The summed E-state index contributed by atoms with van der Waals surface area (Å²) in [5.41, 5.74) is 6.49. The number of aliphatic hydroxyl groups excluding tert-OH is 1. The molecule has 13 heavy (non-hydrogen) atoms. The van der Waals surface area contributed by atoms with E-state index in [2.05, 4.69) is 0 Å². The number of nitrogens with two attached hydrogens (primary N) is 1. The van der Waals surface area contributed by atoms with Crippen molar-refractivity contribution in [2.75, 3.05) is 0 Å². The largest absolute Gasteiger partial charge is 0.391 e. The van der Waals surface area contributed by atoms with Gasteiger partial charge in [-0.3, -0.25) is 0 Å². The quantitative estimate of drug-likeness (QED) is 0.817. The fraction of sp³-hybridized carbons (Fsp3) is 0.333. The molecule has 1 aromatic rings. The molecule has 72 valence electrons. The van der Waals surface area contributed by atoms with Crippen LogP contribution in [0.4, 0.5) is 4.39 Å². The molecular weight excluding hydrogens is 284 g/mol. The fourth-order valence-corrected chi connectivity index (χ4v) is 1.87. The molecule has 0 bridgehead atoms. The number of hydrogen-bond donors (Lipinski definition) is 2. The average molecular weight is 295 g/mol.